The lowest BCUT2D eigenvalue weighted by Crippen LogP contribution is -2.39. The lowest BCUT2D eigenvalue weighted by atomic mass is 10.1. The molecule has 4 rings (SSSR count). The van der Waals surface area contributed by atoms with Gasteiger partial charge in [0.1, 0.15) is 6.54 Å². The average Bonchev–Trinajstić information content (AvgIpc) is 3.15. The van der Waals surface area contributed by atoms with Crippen molar-refractivity contribution in [2.75, 3.05) is 10.8 Å². The van der Waals surface area contributed by atoms with Crippen molar-refractivity contribution in [2.24, 2.45) is 5.10 Å². The zero-order valence-corrected chi connectivity index (χ0v) is 24.1. The molecule has 0 aliphatic heterocycles. The van der Waals surface area contributed by atoms with Gasteiger partial charge in [-0.05, 0) is 100 Å². The molecule has 4 aromatic rings. The maximum atomic E-state index is 13.5. The molecule has 0 aliphatic carbocycles. The number of halogens is 1. The van der Waals surface area contributed by atoms with E-state index in [9.17, 15) is 13.2 Å². The van der Waals surface area contributed by atoms with E-state index in [-0.39, 0.29) is 4.90 Å². The molecule has 0 fully saturated rings. The number of amides is 1. The predicted molar refractivity (Wildman–Crippen MR) is 158 cm³/mol. The van der Waals surface area contributed by atoms with E-state index in [2.05, 4.69) is 47.1 Å². The normalized spacial score (nSPS) is 11.6. The fraction of sp³-hybridized carbons (Fsp3) is 0.200. The third-order valence-electron chi connectivity index (χ3n) is 6.34. The molecule has 0 aliphatic rings. The minimum Gasteiger partial charge on any atom is -0.318 e. The number of benzene rings is 3. The van der Waals surface area contributed by atoms with Crippen LogP contribution in [0.15, 0.2) is 82.8 Å². The molecule has 0 unspecified atom stereocenters. The summed E-state index contributed by atoms with van der Waals surface area (Å²) >= 11 is 6.01. The van der Waals surface area contributed by atoms with E-state index in [0.29, 0.717) is 10.7 Å². The van der Waals surface area contributed by atoms with Gasteiger partial charge in [-0.2, -0.15) is 5.10 Å². The van der Waals surface area contributed by atoms with Gasteiger partial charge < -0.3 is 4.57 Å². The van der Waals surface area contributed by atoms with Crippen LogP contribution in [-0.2, 0) is 14.8 Å². The number of aromatic nitrogens is 1. The summed E-state index contributed by atoms with van der Waals surface area (Å²) in [4.78, 5) is 13.0. The van der Waals surface area contributed by atoms with Gasteiger partial charge in [-0.3, -0.25) is 9.10 Å². The van der Waals surface area contributed by atoms with Crippen molar-refractivity contribution in [1.29, 1.82) is 0 Å². The Labute approximate surface area is 234 Å². The molecule has 0 atom stereocenters. The van der Waals surface area contributed by atoms with E-state index in [1.54, 1.807) is 42.6 Å². The number of hydrogen-bond donors (Lipinski definition) is 1. The summed E-state index contributed by atoms with van der Waals surface area (Å²) in [5.41, 5.74) is 9.97. The van der Waals surface area contributed by atoms with Crippen molar-refractivity contribution in [3.05, 3.63) is 111 Å². The maximum Gasteiger partial charge on any atom is 0.264 e. The molecule has 0 bridgehead atoms. The van der Waals surface area contributed by atoms with Gasteiger partial charge in [0, 0.05) is 27.7 Å². The van der Waals surface area contributed by atoms with Crippen LogP contribution in [0, 0.1) is 34.6 Å². The third kappa shape index (κ3) is 6.41. The summed E-state index contributed by atoms with van der Waals surface area (Å²) in [6.07, 6.45) is 1.57. The van der Waals surface area contributed by atoms with Gasteiger partial charge in [0.15, 0.2) is 0 Å². The smallest absolute Gasteiger partial charge is 0.264 e. The zero-order valence-electron chi connectivity index (χ0n) is 22.6. The highest BCUT2D eigenvalue weighted by Crippen LogP contribution is 2.26. The molecule has 1 heterocycles. The minimum absolute atomic E-state index is 0.0816. The first-order chi connectivity index (χ1) is 18.5. The lowest BCUT2D eigenvalue weighted by molar-refractivity contribution is -0.119. The summed E-state index contributed by atoms with van der Waals surface area (Å²) in [6.45, 7) is 9.55. The van der Waals surface area contributed by atoms with Crippen LogP contribution in [0.2, 0.25) is 5.02 Å². The molecule has 1 amide bonds. The van der Waals surface area contributed by atoms with E-state index in [1.807, 2.05) is 26.8 Å². The van der Waals surface area contributed by atoms with Crippen molar-refractivity contribution in [3.63, 3.8) is 0 Å². The molecule has 202 valence electrons. The predicted octanol–water partition coefficient (Wildman–Crippen LogP) is 6.02. The first kappa shape index (κ1) is 28.1. The highest BCUT2D eigenvalue weighted by Gasteiger charge is 2.27. The summed E-state index contributed by atoms with van der Waals surface area (Å²) < 4.78 is 30.2. The van der Waals surface area contributed by atoms with Crippen LogP contribution in [0.25, 0.3) is 5.69 Å². The van der Waals surface area contributed by atoms with Crippen molar-refractivity contribution in [1.82, 2.24) is 9.99 Å². The van der Waals surface area contributed by atoms with Crippen LogP contribution in [-0.4, -0.2) is 31.7 Å². The lowest BCUT2D eigenvalue weighted by Gasteiger charge is -2.23. The molecule has 0 saturated carbocycles. The second-order valence-corrected chi connectivity index (χ2v) is 11.9. The van der Waals surface area contributed by atoms with Crippen molar-refractivity contribution in [3.8, 4) is 5.69 Å². The minimum atomic E-state index is -4.03. The number of sulfonamides is 1. The Kier molecular flexibility index (Phi) is 8.28. The molecule has 0 radical (unpaired) electrons. The summed E-state index contributed by atoms with van der Waals surface area (Å²) in [6, 6.07) is 21.1. The largest absolute Gasteiger partial charge is 0.318 e. The molecule has 0 spiro atoms. The molecule has 7 nitrogen and oxygen atoms in total. The van der Waals surface area contributed by atoms with E-state index in [1.165, 1.54) is 23.3 Å². The van der Waals surface area contributed by atoms with Crippen LogP contribution in [0.4, 0.5) is 5.69 Å². The number of anilines is 1. The Morgan fingerprint density at radius 3 is 2.13 bits per heavy atom. The molecule has 39 heavy (non-hydrogen) atoms. The van der Waals surface area contributed by atoms with Gasteiger partial charge in [-0.1, -0.05) is 35.4 Å². The molecule has 1 aromatic heterocycles. The van der Waals surface area contributed by atoms with Crippen molar-refractivity contribution in [2.45, 2.75) is 39.5 Å². The van der Waals surface area contributed by atoms with Crippen LogP contribution in [0.5, 0.6) is 0 Å². The average molecular weight is 563 g/mol. The number of nitrogens with zero attached hydrogens (tertiary/aromatic N) is 3. The molecule has 3 aromatic carbocycles. The highest BCUT2D eigenvalue weighted by molar-refractivity contribution is 7.92. The number of carbonyl (C=O) groups excluding carboxylic acids is 1. The van der Waals surface area contributed by atoms with Crippen LogP contribution < -0.4 is 9.73 Å². The molecule has 1 N–H and O–H groups in total. The van der Waals surface area contributed by atoms with Crippen LogP contribution in [0.3, 0.4) is 0 Å². The number of hydrogen-bond acceptors (Lipinski definition) is 4. The molecule has 0 saturated heterocycles. The molecule has 9 heteroatoms. The molecular formula is C30H31ClN4O3S. The second kappa shape index (κ2) is 11.5. The van der Waals surface area contributed by atoms with Crippen LogP contribution >= 0.6 is 11.6 Å². The Hall–Kier alpha value is -3.88. The zero-order chi connectivity index (χ0) is 28.3. The number of carbonyl (C=O) groups is 1. The van der Waals surface area contributed by atoms with Crippen molar-refractivity contribution >= 4 is 39.4 Å². The van der Waals surface area contributed by atoms with E-state index < -0.39 is 22.5 Å². The standard InChI is InChI=1S/C30H31ClN4O3S/c1-20-6-12-29(13-7-20)39(37,38)34(27-10-8-26(31)9-11-27)19-30(36)33-32-18-25-17-23(4)35(24(25)5)28-15-21(2)14-22(3)16-28/h6-18H,19H2,1-5H3,(H,33,36)/b32-18+. The van der Waals surface area contributed by atoms with Crippen molar-refractivity contribution < 1.29 is 13.2 Å². The number of hydrazone groups is 1. The first-order valence-corrected chi connectivity index (χ1v) is 14.2. The Balaban J connectivity index is 1.56. The Morgan fingerprint density at radius 2 is 1.51 bits per heavy atom. The van der Waals surface area contributed by atoms with Gasteiger partial charge in [-0.15, -0.1) is 0 Å². The second-order valence-electron chi connectivity index (χ2n) is 9.60. The first-order valence-electron chi connectivity index (χ1n) is 12.4. The van der Waals surface area contributed by atoms with Gasteiger partial charge in [0.05, 0.1) is 16.8 Å². The molecular weight excluding hydrogens is 532 g/mol. The van der Waals surface area contributed by atoms with E-state index >= 15 is 0 Å². The summed E-state index contributed by atoms with van der Waals surface area (Å²) in [5.74, 6) is -0.583. The SMILES string of the molecule is Cc1ccc(S(=O)(=O)N(CC(=O)N/N=C/c2cc(C)n(-c3cc(C)cc(C)c3)c2C)c2ccc(Cl)cc2)cc1. The van der Waals surface area contributed by atoms with E-state index in [0.717, 1.165) is 32.5 Å². The third-order valence-corrected chi connectivity index (χ3v) is 8.38. The number of rotatable bonds is 8. The Bertz CT molecular complexity index is 1620. The van der Waals surface area contributed by atoms with Gasteiger partial charge in [-0.25, -0.2) is 13.8 Å². The topological polar surface area (TPSA) is 83.8 Å². The fourth-order valence-electron chi connectivity index (χ4n) is 4.49. The number of nitrogens with one attached hydrogen (secondary N) is 1. The van der Waals surface area contributed by atoms with Gasteiger partial charge in [0.2, 0.25) is 0 Å². The van der Waals surface area contributed by atoms with E-state index in [4.69, 9.17) is 11.6 Å². The fourth-order valence-corrected chi connectivity index (χ4v) is 6.04. The van der Waals surface area contributed by atoms with Gasteiger partial charge >= 0.3 is 0 Å². The van der Waals surface area contributed by atoms with Crippen LogP contribution in [0.1, 0.15) is 33.6 Å². The summed E-state index contributed by atoms with van der Waals surface area (Å²) in [7, 11) is -4.03. The summed E-state index contributed by atoms with van der Waals surface area (Å²) in [5, 5.41) is 4.59. The quantitative estimate of drug-likeness (QED) is 0.210. The monoisotopic (exact) mass is 562 g/mol. The number of aryl methyl sites for hydroxylation is 4. The maximum absolute atomic E-state index is 13.5. The van der Waals surface area contributed by atoms with Gasteiger partial charge in [0.25, 0.3) is 15.9 Å². The highest BCUT2D eigenvalue weighted by atomic mass is 35.5. The Morgan fingerprint density at radius 1 is 0.897 bits per heavy atom.